The number of aromatic nitrogens is 2. The Bertz CT molecular complexity index is 850. The maximum absolute atomic E-state index is 12.3. The van der Waals surface area contributed by atoms with Crippen LogP contribution in [0, 0.1) is 5.21 Å². The zero-order valence-electron chi connectivity index (χ0n) is 13.6. The Kier molecular flexibility index (Phi) is 6.07. The second-order valence-electron chi connectivity index (χ2n) is 5.34. The number of anilines is 1. The number of nitrogens with two attached hydrogens (primary N) is 1. The summed E-state index contributed by atoms with van der Waals surface area (Å²) in [6.45, 7) is 0. The zero-order valence-corrected chi connectivity index (χ0v) is 13.6. The average Bonchev–Trinajstić information content (AvgIpc) is 3.07. The lowest BCUT2D eigenvalue weighted by Gasteiger charge is -2.26. The van der Waals surface area contributed by atoms with Crippen LogP contribution in [0.15, 0.2) is 36.8 Å². The number of rotatable bonds is 7. The minimum Gasteiger partial charge on any atom is -0.733 e. The molecule has 0 fully saturated rings. The van der Waals surface area contributed by atoms with Gasteiger partial charge in [0.05, 0.1) is 11.4 Å². The Morgan fingerprint density at radius 2 is 1.93 bits per heavy atom. The molecule has 144 valence electrons. The fourth-order valence-corrected chi connectivity index (χ4v) is 2.24. The van der Waals surface area contributed by atoms with Gasteiger partial charge in [0.1, 0.15) is 12.4 Å². The van der Waals surface area contributed by atoms with E-state index in [2.05, 4.69) is 4.98 Å². The summed E-state index contributed by atoms with van der Waals surface area (Å²) in [6.07, 6.45) is -1.17. The third kappa shape index (κ3) is 4.58. The topological polar surface area (TPSA) is 191 Å². The van der Waals surface area contributed by atoms with Crippen molar-refractivity contribution in [2.75, 3.05) is 5.23 Å². The third-order valence-electron chi connectivity index (χ3n) is 3.53. The second-order valence-corrected chi connectivity index (χ2v) is 5.34. The first kappa shape index (κ1) is 19.8. The number of benzene rings is 1. The molecule has 2 rings (SSSR count). The highest BCUT2D eigenvalue weighted by Gasteiger charge is 2.29. The van der Waals surface area contributed by atoms with E-state index in [-0.39, 0.29) is 17.7 Å². The zero-order chi connectivity index (χ0) is 20.1. The van der Waals surface area contributed by atoms with Gasteiger partial charge in [0.15, 0.2) is 0 Å². The van der Waals surface area contributed by atoms with Crippen molar-refractivity contribution in [1.82, 2.24) is 9.55 Å². The highest BCUT2D eigenvalue weighted by atomic mass is 16.8. The molecule has 1 unspecified atom stereocenters. The van der Waals surface area contributed by atoms with Crippen molar-refractivity contribution in [3.63, 3.8) is 0 Å². The van der Waals surface area contributed by atoms with Gasteiger partial charge in [-0.2, -0.15) is 0 Å². The number of carbonyl (C=O) groups excluding carboxylic acids is 1. The quantitative estimate of drug-likeness (QED) is 0.485. The number of imidazole rings is 1. The van der Waals surface area contributed by atoms with Gasteiger partial charge in [-0.1, -0.05) is 18.2 Å². The van der Waals surface area contributed by atoms with Crippen LogP contribution in [0.1, 0.15) is 17.4 Å². The molecule has 0 bridgehead atoms. The predicted octanol–water partition coefficient (Wildman–Crippen LogP) is 0.341. The molecule has 0 radical (unpaired) electrons. The number of hydrogen-bond donors (Lipinski definition) is 4. The molecular formula is C15H15N4O8-. The van der Waals surface area contributed by atoms with Crippen LogP contribution < -0.4 is 11.0 Å². The minimum absolute atomic E-state index is 0.0833. The maximum atomic E-state index is 12.3. The van der Waals surface area contributed by atoms with E-state index in [0.717, 1.165) is 17.0 Å². The number of carbonyl (C=O) groups is 3. The van der Waals surface area contributed by atoms with Gasteiger partial charge in [-0.25, -0.2) is 19.1 Å². The van der Waals surface area contributed by atoms with Crippen LogP contribution in [-0.4, -0.2) is 49.0 Å². The summed E-state index contributed by atoms with van der Waals surface area (Å²) < 4.78 is 5.74. The van der Waals surface area contributed by atoms with Crippen molar-refractivity contribution < 1.29 is 34.5 Å². The number of ether oxygens (including phenoxy) is 1. The molecule has 0 saturated carbocycles. The molecule has 1 aromatic heterocycles. The Morgan fingerprint density at radius 3 is 2.52 bits per heavy atom. The van der Waals surface area contributed by atoms with Crippen LogP contribution in [0.5, 0.6) is 0 Å². The number of para-hydroxylation sites is 1. The first-order chi connectivity index (χ1) is 12.7. The Hall–Kier alpha value is -3.48. The van der Waals surface area contributed by atoms with Gasteiger partial charge in [-0.15, -0.1) is 0 Å². The van der Waals surface area contributed by atoms with E-state index in [1.165, 1.54) is 24.4 Å². The van der Waals surface area contributed by atoms with E-state index in [9.17, 15) is 24.7 Å². The van der Waals surface area contributed by atoms with E-state index >= 15 is 0 Å². The maximum Gasteiger partial charge on any atom is 0.420 e. The summed E-state index contributed by atoms with van der Waals surface area (Å²) in [5.74, 6) is -2.89. The third-order valence-corrected chi connectivity index (χ3v) is 3.53. The number of hydrogen-bond acceptors (Lipinski definition) is 9. The van der Waals surface area contributed by atoms with E-state index in [1.54, 1.807) is 0 Å². The molecule has 12 heteroatoms. The van der Waals surface area contributed by atoms with Crippen molar-refractivity contribution >= 4 is 23.7 Å². The van der Waals surface area contributed by atoms with E-state index in [4.69, 9.17) is 20.8 Å². The van der Waals surface area contributed by atoms with Crippen LogP contribution >= 0.6 is 0 Å². The van der Waals surface area contributed by atoms with Crippen LogP contribution in [0.25, 0.3) is 0 Å². The molecule has 0 aliphatic rings. The fraction of sp³-hybridized carbons (Fsp3) is 0.200. The lowest BCUT2D eigenvalue weighted by atomic mass is 10.1. The smallest absolute Gasteiger partial charge is 0.420 e. The summed E-state index contributed by atoms with van der Waals surface area (Å²) in [6, 6.07) is 3.79. The first-order valence-corrected chi connectivity index (χ1v) is 7.40. The first-order valence-electron chi connectivity index (χ1n) is 7.40. The Labute approximate surface area is 151 Å². The van der Waals surface area contributed by atoms with Crippen LogP contribution in [0.3, 0.4) is 0 Å². The molecule has 12 nitrogen and oxygen atoms in total. The summed E-state index contributed by atoms with van der Waals surface area (Å²) in [5.41, 5.74) is 4.81. The summed E-state index contributed by atoms with van der Waals surface area (Å²) in [5, 5.41) is 38.0. The molecule has 0 aliphatic heterocycles. The van der Waals surface area contributed by atoms with E-state index in [1.807, 2.05) is 0 Å². The molecule has 2 atom stereocenters. The van der Waals surface area contributed by atoms with Crippen LogP contribution in [0.4, 0.5) is 10.5 Å². The van der Waals surface area contributed by atoms with E-state index in [0.29, 0.717) is 0 Å². The van der Waals surface area contributed by atoms with Gasteiger partial charge in [0.25, 0.3) is 0 Å². The second kappa shape index (κ2) is 8.27. The van der Waals surface area contributed by atoms with Gasteiger partial charge in [0, 0.05) is 18.2 Å². The van der Waals surface area contributed by atoms with Crippen LogP contribution in [0.2, 0.25) is 0 Å². The number of carboxylic acid groups (broad SMARTS) is 2. The molecule has 0 amide bonds. The molecule has 0 spiro atoms. The lowest BCUT2D eigenvalue weighted by Crippen LogP contribution is -2.34. The van der Waals surface area contributed by atoms with Crippen molar-refractivity contribution in [2.45, 2.75) is 18.6 Å². The SMILES string of the molecule is N[C@@H](Cc1cncn1C(=O)OC(C(=O)O)c1ccccc1N([O-])O)C(=O)O. The molecule has 1 heterocycles. The number of aliphatic carboxylic acids is 2. The van der Waals surface area contributed by atoms with Crippen LogP contribution in [-0.2, 0) is 20.7 Å². The minimum atomic E-state index is -1.92. The molecule has 0 aliphatic carbocycles. The highest BCUT2D eigenvalue weighted by molar-refractivity contribution is 5.82. The average molecular weight is 379 g/mol. The van der Waals surface area contributed by atoms with Crippen molar-refractivity contribution in [3.05, 3.63) is 53.3 Å². The largest absolute Gasteiger partial charge is 0.733 e. The van der Waals surface area contributed by atoms with Gasteiger partial charge < -0.3 is 31.1 Å². The predicted molar refractivity (Wildman–Crippen MR) is 87.9 cm³/mol. The highest BCUT2D eigenvalue weighted by Crippen LogP contribution is 2.28. The summed E-state index contributed by atoms with van der Waals surface area (Å²) in [7, 11) is 0. The number of nitrogens with zero attached hydrogens (tertiary/aromatic N) is 3. The van der Waals surface area contributed by atoms with Crippen molar-refractivity contribution in [2.24, 2.45) is 5.73 Å². The van der Waals surface area contributed by atoms with Gasteiger partial charge >= 0.3 is 18.0 Å². The number of carboxylic acids is 2. The van der Waals surface area contributed by atoms with Gasteiger partial charge in [-0.05, 0) is 6.07 Å². The van der Waals surface area contributed by atoms with Gasteiger partial charge in [-0.3, -0.25) is 10.0 Å². The summed E-state index contributed by atoms with van der Waals surface area (Å²) >= 11 is 0. The monoisotopic (exact) mass is 379 g/mol. The lowest BCUT2D eigenvalue weighted by molar-refractivity contribution is -0.147. The molecule has 0 saturated heterocycles. The fourth-order valence-electron chi connectivity index (χ4n) is 2.24. The molecular weight excluding hydrogens is 364 g/mol. The normalized spacial score (nSPS) is 12.9. The molecule has 5 N–H and O–H groups in total. The Balaban J connectivity index is 2.29. The summed E-state index contributed by atoms with van der Waals surface area (Å²) in [4.78, 5) is 38.4. The molecule has 2 aromatic rings. The Morgan fingerprint density at radius 1 is 1.26 bits per heavy atom. The van der Waals surface area contributed by atoms with Gasteiger partial charge in [0.2, 0.25) is 6.10 Å². The molecule has 27 heavy (non-hydrogen) atoms. The standard InChI is InChI=1S/C15H15N4O8/c16-10(13(20)21)5-8-6-17-7-18(8)15(24)27-12(14(22)23)9-3-1-2-4-11(9)19(25)26/h1-4,6-7,10,12,25H,5,16H2,(H,20,21)(H,22,23)/q-1/t10-,12?/m0/s1. The van der Waals surface area contributed by atoms with E-state index < -0.39 is 41.1 Å². The van der Waals surface area contributed by atoms with Crippen molar-refractivity contribution in [1.29, 1.82) is 0 Å². The van der Waals surface area contributed by atoms with Crippen molar-refractivity contribution in [3.8, 4) is 0 Å². The molecule has 1 aromatic carbocycles.